The number of hydrogen-bond donors (Lipinski definition) is 1. The van der Waals surface area contributed by atoms with Crippen LogP contribution in [0, 0.1) is 6.92 Å². The van der Waals surface area contributed by atoms with Crippen molar-refractivity contribution in [2.45, 2.75) is 46.4 Å². The highest BCUT2D eigenvalue weighted by atomic mass is 79.9. The molecule has 0 aliphatic rings. The molecule has 0 atom stereocenters. The molecule has 114 valence electrons. The van der Waals surface area contributed by atoms with Gasteiger partial charge in [0.1, 0.15) is 23.8 Å². The van der Waals surface area contributed by atoms with E-state index in [4.69, 9.17) is 9.26 Å². The van der Waals surface area contributed by atoms with E-state index in [9.17, 15) is 0 Å². The zero-order valence-electron chi connectivity index (χ0n) is 12.9. The molecule has 0 saturated carbocycles. The molecule has 2 rings (SSSR count). The molecule has 0 aliphatic heterocycles. The van der Waals surface area contributed by atoms with Crippen LogP contribution in [-0.2, 0) is 13.2 Å². The molecule has 5 heteroatoms. The Morgan fingerprint density at radius 2 is 2.05 bits per heavy atom. The van der Waals surface area contributed by atoms with Crippen molar-refractivity contribution in [3.63, 3.8) is 0 Å². The first kappa shape index (κ1) is 16.0. The van der Waals surface area contributed by atoms with Gasteiger partial charge in [-0.2, -0.15) is 0 Å². The maximum absolute atomic E-state index is 5.75. The quantitative estimate of drug-likeness (QED) is 0.875. The number of benzene rings is 1. The van der Waals surface area contributed by atoms with E-state index in [1.54, 1.807) is 0 Å². The number of ether oxygens (including phenoxy) is 1. The summed E-state index contributed by atoms with van der Waals surface area (Å²) in [7, 11) is 0. The van der Waals surface area contributed by atoms with Gasteiger partial charge in [-0.15, -0.1) is 0 Å². The molecule has 0 amide bonds. The van der Waals surface area contributed by atoms with Gasteiger partial charge < -0.3 is 14.6 Å². The Labute approximate surface area is 134 Å². The van der Waals surface area contributed by atoms with Gasteiger partial charge in [-0.1, -0.05) is 11.2 Å². The minimum Gasteiger partial charge on any atom is -0.486 e. The van der Waals surface area contributed by atoms with Gasteiger partial charge in [-0.05, 0) is 61.3 Å². The Morgan fingerprint density at radius 1 is 1.29 bits per heavy atom. The number of hydrogen-bond acceptors (Lipinski definition) is 4. The third-order valence-corrected chi connectivity index (χ3v) is 3.49. The first-order valence-corrected chi connectivity index (χ1v) is 7.71. The standard InChI is InChI=1S/C16H21BrN2O2/c1-11-7-13(19-21-11)10-20-15-6-5-12(8-14(15)17)9-18-16(2,3)4/h5-8,18H,9-10H2,1-4H3. The molecule has 4 nitrogen and oxygen atoms in total. The van der Waals surface area contributed by atoms with Crippen LogP contribution < -0.4 is 10.1 Å². The minimum absolute atomic E-state index is 0.104. The zero-order chi connectivity index (χ0) is 15.5. The summed E-state index contributed by atoms with van der Waals surface area (Å²) in [6.07, 6.45) is 0. The molecule has 1 heterocycles. The van der Waals surface area contributed by atoms with Crippen molar-refractivity contribution >= 4 is 15.9 Å². The van der Waals surface area contributed by atoms with E-state index in [0.717, 1.165) is 28.2 Å². The SMILES string of the molecule is Cc1cc(COc2ccc(CNC(C)(C)C)cc2Br)no1. The fraction of sp³-hybridized carbons (Fsp3) is 0.438. The molecule has 1 aromatic heterocycles. The van der Waals surface area contributed by atoms with Crippen LogP contribution in [0.1, 0.15) is 37.8 Å². The second-order valence-corrected chi connectivity index (χ2v) is 6.94. The lowest BCUT2D eigenvalue weighted by molar-refractivity contribution is 0.286. The third-order valence-electron chi connectivity index (χ3n) is 2.87. The number of aryl methyl sites for hydroxylation is 1. The van der Waals surface area contributed by atoms with E-state index in [0.29, 0.717) is 6.61 Å². The molecule has 0 aliphatic carbocycles. The van der Waals surface area contributed by atoms with Crippen LogP contribution in [0.25, 0.3) is 0 Å². The Morgan fingerprint density at radius 3 is 2.62 bits per heavy atom. The van der Waals surface area contributed by atoms with Crippen molar-refractivity contribution < 1.29 is 9.26 Å². The number of aromatic nitrogens is 1. The van der Waals surface area contributed by atoms with Crippen molar-refractivity contribution in [1.29, 1.82) is 0 Å². The summed E-state index contributed by atoms with van der Waals surface area (Å²) >= 11 is 3.55. The molecule has 21 heavy (non-hydrogen) atoms. The molecule has 1 N–H and O–H groups in total. The van der Waals surface area contributed by atoms with E-state index < -0.39 is 0 Å². The van der Waals surface area contributed by atoms with E-state index in [1.165, 1.54) is 5.56 Å². The maximum Gasteiger partial charge on any atom is 0.134 e. The summed E-state index contributed by atoms with van der Waals surface area (Å²) < 4.78 is 11.7. The molecule has 2 aromatic rings. The summed E-state index contributed by atoms with van der Waals surface area (Å²) in [5.74, 6) is 1.59. The van der Waals surface area contributed by atoms with E-state index in [-0.39, 0.29) is 5.54 Å². The predicted octanol–water partition coefficient (Wildman–Crippen LogP) is 4.21. The smallest absolute Gasteiger partial charge is 0.134 e. The molecule has 0 saturated heterocycles. The van der Waals surface area contributed by atoms with Crippen LogP contribution in [0.2, 0.25) is 0 Å². The van der Waals surface area contributed by atoms with Crippen molar-refractivity contribution in [3.05, 3.63) is 45.8 Å². The van der Waals surface area contributed by atoms with Gasteiger partial charge in [0.15, 0.2) is 0 Å². The lowest BCUT2D eigenvalue weighted by atomic mass is 10.1. The Hall–Kier alpha value is -1.33. The molecule has 0 fully saturated rings. The van der Waals surface area contributed by atoms with Crippen molar-refractivity contribution in [2.75, 3.05) is 0 Å². The van der Waals surface area contributed by atoms with E-state index in [2.05, 4.69) is 59.3 Å². The Kier molecular flexibility index (Phi) is 5.06. The molecular weight excluding hydrogens is 332 g/mol. The molecule has 0 spiro atoms. The Balaban J connectivity index is 1.95. The maximum atomic E-state index is 5.75. The van der Waals surface area contributed by atoms with Crippen LogP contribution in [0.15, 0.2) is 33.3 Å². The van der Waals surface area contributed by atoms with Gasteiger partial charge >= 0.3 is 0 Å². The second kappa shape index (κ2) is 6.62. The number of nitrogens with one attached hydrogen (secondary N) is 1. The van der Waals surface area contributed by atoms with Gasteiger partial charge in [0.2, 0.25) is 0 Å². The Bertz CT molecular complexity index is 603. The van der Waals surface area contributed by atoms with Crippen molar-refractivity contribution in [3.8, 4) is 5.75 Å². The first-order chi connectivity index (χ1) is 9.83. The topological polar surface area (TPSA) is 47.3 Å². The average molecular weight is 353 g/mol. The number of nitrogens with zero attached hydrogens (tertiary/aromatic N) is 1. The minimum atomic E-state index is 0.104. The van der Waals surface area contributed by atoms with Gasteiger partial charge in [-0.3, -0.25) is 0 Å². The van der Waals surface area contributed by atoms with Gasteiger partial charge in [0.25, 0.3) is 0 Å². The monoisotopic (exact) mass is 352 g/mol. The van der Waals surface area contributed by atoms with Crippen LogP contribution >= 0.6 is 15.9 Å². The fourth-order valence-electron chi connectivity index (χ4n) is 1.78. The summed E-state index contributed by atoms with van der Waals surface area (Å²) in [5.41, 5.74) is 2.10. The molecular formula is C16H21BrN2O2. The predicted molar refractivity (Wildman–Crippen MR) is 86.3 cm³/mol. The second-order valence-electron chi connectivity index (χ2n) is 6.09. The lowest BCUT2D eigenvalue weighted by Gasteiger charge is -2.20. The van der Waals surface area contributed by atoms with Crippen LogP contribution in [0.5, 0.6) is 5.75 Å². The highest BCUT2D eigenvalue weighted by molar-refractivity contribution is 9.10. The summed E-state index contributed by atoms with van der Waals surface area (Å²) in [6, 6.07) is 7.97. The molecule has 0 unspecified atom stereocenters. The largest absolute Gasteiger partial charge is 0.486 e. The summed E-state index contributed by atoms with van der Waals surface area (Å²) in [4.78, 5) is 0. The van der Waals surface area contributed by atoms with Crippen LogP contribution in [0.3, 0.4) is 0 Å². The highest BCUT2D eigenvalue weighted by Gasteiger charge is 2.10. The van der Waals surface area contributed by atoms with Crippen LogP contribution in [-0.4, -0.2) is 10.7 Å². The van der Waals surface area contributed by atoms with E-state index >= 15 is 0 Å². The highest BCUT2D eigenvalue weighted by Crippen LogP contribution is 2.27. The van der Waals surface area contributed by atoms with Gasteiger partial charge in [0, 0.05) is 18.2 Å². The van der Waals surface area contributed by atoms with Gasteiger partial charge in [0.05, 0.1) is 4.47 Å². The normalized spacial score (nSPS) is 11.7. The number of halogens is 1. The molecule has 1 aromatic carbocycles. The molecule has 0 radical (unpaired) electrons. The third kappa shape index (κ3) is 5.17. The zero-order valence-corrected chi connectivity index (χ0v) is 14.5. The number of rotatable bonds is 5. The van der Waals surface area contributed by atoms with E-state index in [1.807, 2.05) is 19.1 Å². The van der Waals surface area contributed by atoms with Gasteiger partial charge in [-0.25, -0.2) is 0 Å². The summed E-state index contributed by atoms with van der Waals surface area (Å²) in [5, 5.41) is 7.37. The van der Waals surface area contributed by atoms with Crippen molar-refractivity contribution in [2.24, 2.45) is 0 Å². The average Bonchev–Trinajstić information content (AvgIpc) is 2.80. The van der Waals surface area contributed by atoms with Crippen molar-refractivity contribution in [1.82, 2.24) is 10.5 Å². The lowest BCUT2D eigenvalue weighted by Crippen LogP contribution is -2.35. The molecule has 0 bridgehead atoms. The first-order valence-electron chi connectivity index (χ1n) is 6.92. The fourth-order valence-corrected chi connectivity index (χ4v) is 2.32. The van der Waals surface area contributed by atoms with Crippen LogP contribution in [0.4, 0.5) is 0 Å². The summed E-state index contributed by atoms with van der Waals surface area (Å²) in [6.45, 7) is 9.54.